The molecule has 2 aromatic carbocycles. The van der Waals surface area contributed by atoms with Gasteiger partial charge in [0.05, 0.1) is 12.1 Å². The summed E-state index contributed by atoms with van der Waals surface area (Å²) in [5, 5.41) is 5.49. The molecule has 0 saturated heterocycles. The zero-order valence-corrected chi connectivity index (χ0v) is 16.3. The van der Waals surface area contributed by atoms with Gasteiger partial charge in [-0.3, -0.25) is 9.59 Å². The fourth-order valence-corrected chi connectivity index (χ4v) is 3.55. The first kappa shape index (κ1) is 21.9. The molecule has 0 spiro atoms. The van der Waals surface area contributed by atoms with E-state index < -0.39 is 5.82 Å². The molecular formula is C21H25ClFN3O2. The number of carbonyl (C=O) groups is 2. The van der Waals surface area contributed by atoms with Crippen molar-refractivity contribution in [1.82, 2.24) is 0 Å². The maximum absolute atomic E-state index is 13.6. The van der Waals surface area contributed by atoms with E-state index in [-0.39, 0.29) is 48.2 Å². The smallest absolute Gasteiger partial charge is 0.228 e. The molecule has 0 aliphatic heterocycles. The van der Waals surface area contributed by atoms with Gasteiger partial charge in [0.15, 0.2) is 0 Å². The predicted octanol–water partition coefficient (Wildman–Crippen LogP) is 3.74. The summed E-state index contributed by atoms with van der Waals surface area (Å²) in [4.78, 5) is 24.5. The maximum atomic E-state index is 13.6. The monoisotopic (exact) mass is 405 g/mol. The zero-order chi connectivity index (χ0) is 19.2. The summed E-state index contributed by atoms with van der Waals surface area (Å²) in [6.07, 6.45) is 3.04. The molecule has 0 bridgehead atoms. The van der Waals surface area contributed by atoms with Crippen molar-refractivity contribution >= 4 is 35.6 Å². The molecule has 0 aromatic heterocycles. The highest BCUT2D eigenvalue weighted by molar-refractivity contribution is 5.94. The number of hydrogen-bond donors (Lipinski definition) is 3. The van der Waals surface area contributed by atoms with E-state index in [1.807, 2.05) is 0 Å². The Bertz CT molecular complexity index is 814. The Morgan fingerprint density at radius 3 is 2.43 bits per heavy atom. The van der Waals surface area contributed by atoms with E-state index >= 15 is 0 Å². The minimum atomic E-state index is -0.466. The second-order valence-corrected chi connectivity index (χ2v) is 6.92. The molecule has 2 atom stereocenters. The van der Waals surface area contributed by atoms with Gasteiger partial charge >= 0.3 is 0 Å². The lowest BCUT2D eigenvalue weighted by atomic mass is 9.95. The van der Waals surface area contributed by atoms with Crippen molar-refractivity contribution in [2.45, 2.75) is 25.7 Å². The fourth-order valence-electron chi connectivity index (χ4n) is 3.55. The summed E-state index contributed by atoms with van der Waals surface area (Å²) in [5.41, 5.74) is 7.38. The Morgan fingerprint density at radius 1 is 1.04 bits per heavy atom. The number of nitrogens with two attached hydrogens (primary N) is 1. The van der Waals surface area contributed by atoms with Gasteiger partial charge in [-0.05, 0) is 55.1 Å². The Kier molecular flexibility index (Phi) is 7.96. The van der Waals surface area contributed by atoms with Crippen molar-refractivity contribution in [2.24, 2.45) is 17.6 Å². The van der Waals surface area contributed by atoms with E-state index in [2.05, 4.69) is 10.6 Å². The highest BCUT2D eigenvalue weighted by Crippen LogP contribution is 2.31. The van der Waals surface area contributed by atoms with Crippen molar-refractivity contribution in [2.75, 3.05) is 17.2 Å². The Balaban J connectivity index is 0.00000280. The second-order valence-electron chi connectivity index (χ2n) is 6.92. The summed E-state index contributed by atoms with van der Waals surface area (Å²) in [6, 6.07) is 13.2. The van der Waals surface area contributed by atoms with E-state index in [0.29, 0.717) is 12.2 Å². The average Bonchev–Trinajstić information content (AvgIpc) is 3.14. The van der Waals surface area contributed by atoms with Crippen LogP contribution in [-0.4, -0.2) is 18.4 Å². The number of anilines is 2. The maximum Gasteiger partial charge on any atom is 0.228 e. The molecule has 4 N–H and O–H groups in total. The summed E-state index contributed by atoms with van der Waals surface area (Å²) < 4.78 is 13.6. The summed E-state index contributed by atoms with van der Waals surface area (Å²) in [6.45, 7) is 0.536. The van der Waals surface area contributed by atoms with Crippen LogP contribution in [0.5, 0.6) is 0 Å². The first-order valence-corrected chi connectivity index (χ1v) is 9.21. The number of hydrogen-bond acceptors (Lipinski definition) is 3. The van der Waals surface area contributed by atoms with Crippen molar-refractivity contribution in [3.63, 3.8) is 0 Å². The predicted molar refractivity (Wildman–Crippen MR) is 111 cm³/mol. The first-order valence-electron chi connectivity index (χ1n) is 9.21. The number of nitrogens with one attached hydrogen (secondary N) is 2. The number of amides is 2. The van der Waals surface area contributed by atoms with E-state index in [9.17, 15) is 14.0 Å². The lowest BCUT2D eigenvalue weighted by Crippen LogP contribution is -2.29. The number of carbonyl (C=O) groups excluding carboxylic acids is 2. The molecule has 1 saturated carbocycles. The summed E-state index contributed by atoms with van der Waals surface area (Å²) in [5.74, 6) is -0.527. The normalized spacial score (nSPS) is 18.2. The SMILES string of the molecule is Cl.NC[C@H]1CCC[C@H]1C(=O)Nc1ccc(CC(=O)Nc2ccccc2F)cc1. The molecule has 28 heavy (non-hydrogen) atoms. The molecule has 0 radical (unpaired) electrons. The quantitative estimate of drug-likeness (QED) is 0.684. The minimum Gasteiger partial charge on any atom is -0.330 e. The summed E-state index contributed by atoms with van der Waals surface area (Å²) >= 11 is 0. The van der Waals surface area contributed by atoms with Crippen molar-refractivity contribution < 1.29 is 14.0 Å². The van der Waals surface area contributed by atoms with Crippen molar-refractivity contribution in [3.8, 4) is 0 Å². The van der Waals surface area contributed by atoms with Crippen LogP contribution in [0.1, 0.15) is 24.8 Å². The first-order chi connectivity index (χ1) is 13.1. The third kappa shape index (κ3) is 5.53. The molecule has 5 nitrogen and oxygen atoms in total. The fraction of sp³-hybridized carbons (Fsp3) is 0.333. The molecular weight excluding hydrogens is 381 g/mol. The van der Waals surface area contributed by atoms with Crippen LogP contribution in [0.25, 0.3) is 0 Å². The molecule has 2 aromatic rings. The third-order valence-corrected chi connectivity index (χ3v) is 5.03. The van der Waals surface area contributed by atoms with Gasteiger partial charge in [0.25, 0.3) is 0 Å². The van der Waals surface area contributed by atoms with Crippen LogP contribution in [0.3, 0.4) is 0 Å². The second kappa shape index (κ2) is 10.2. The molecule has 150 valence electrons. The highest BCUT2D eigenvalue weighted by Gasteiger charge is 2.31. The third-order valence-electron chi connectivity index (χ3n) is 5.03. The van der Waals surface area contributed by atoms with Gasteiger partial charge in [0.1, 0.15) is 5.82 Å². The van der Waals surface area contributed by atoms with Crippen LogP contribution in [-0.2, 0) is 16.0 Å². The number of benzene rings is 2. The average molecular weight is 406 g/mol. The van der Waals surface area contributed by atoms with Crippen molar-refractivity contribution in [1.29, 1.82) is 0 Å². The molecule has 1 aliphatic carbocycles. The zero-order valence-electron chi connectivity index (χ0n) is 15.5. The Labute approximate surface area is 170 Å². The Hall–Kier alpha value is -2.44. The van der Waals surface area contributed by atoms with Gasteiger partial charge in [-0.1, -0.05) is 30.7 Å². The van der Waals surface area contributed by atoms with E-state index in [4.69, 9.17) is 5.73 Å². The number of rotatable bonds is 6. The topological polar surface area (TPSA) is 84.2 Å². The van der Waals surface area contributed by atoms with Crippen LogP contribution < -0.4 is 16.4 Å². The molecule has 7 heteroatoms. The van der Waals surface area contributed by atoms with E-state index in [1.165, 1.54) is 12.1 Å². The largest absolute Gasteiger partial charge is 0.330 e. The van der Waals surface area contributed by atoms with Gasteiger partial charge in [0, 0.05) is 11.6 Å². The van der Waals surface area contributed by atoms with E-state index in [0.717, 1.165) is 24.8 Å². The number of para-hydroxylation sites is 1. The van der Waals surface area contributed by atoms with Crippen LogP contribution in [0.4, 0.5) is 15.8 Å². The molecule has 0 unspecified atom stereocenters. The molecule has 2 amide bonds. The van der Waals surface area contributed by atoms with Gasteiger partial charge in [-0.2, -0.15) is 0 Å². The van der Waals surface area contributed by atoms with E-state index in [1.54, 1.807) is 36.4 Å². The lowest BCUT2D eigenvalue weighted by Gasteiger charge is -2.17. The summed E-state index contributed by atoms with van der Waals surface area (Å²) in [7, 11) is 0. The number of halogens is 2. The molecule has 0 heterocycles. The molecule has 1 fully saturated rings. The van der Waals surface area contributed by atoms with Gasteiger partial charge in [-0.15, -0.1) is 12.4 Å². The van der Waals surface area contributed by atoms with Gasteiger partial charge in [-0.25, -0.2) is 4.39 Å². The Morgan fingerprint density at radius 2 is 1.75 bits per heavy atom. The van der Waals surface area contributed by atoms with Crippen LogP contribution in [0, 0.1) is 17.7 Å². The van der Waals surface area contributed by atoms with Crippen LogP contribution in [0.2, 0.25) is 0 Å². The highest BCUT2D eigenvalue weighted by atomic mass is 35.5. The van der Waals surface area contributed by atoms with Gasteiger partial charge < -0.3 is 16.4 Å². The lowest BCUT2D eigenvalue weighted by molar-refractivity contribution is -0.120. The molecule has 3 rings (SSSR count). The molecule has 1 aliphatic rings. The standard InChI is InChI=1S/C21H24FN3O2.ClH/c22-18-6-1-2-7-19(18)25-20(26)12-14-8-10-16(11-9-14)24-21(27)17-5-3-4-15(17)13-23;/h1-2,6-11,15,17H,3-5,12-13,23H2,(H,24,27)(H,25,26);1H/t15-,17-;/m1./s1. The minimum absolute atomic E-state index is 0. The van der Waals surface area contributed by atoms with Gasteiger partial charge in [0.2, 0.25) is 11.8 Å². The van der Waals surface area contributed by atoms with Crippen LogP contribution >= 0.6 is 12.4 Å². The van der Waals surface area contributed by atoms with Crippen LogP contribution in [0.15, 0.2) is 48.5 Å². The van der Waals surface area contributed by atoms with Crippen molar-refractivity contribution in [3.05, 3.63) is 59.9 Å².